The van der Waals surface area contributed by atoms with E-state index in [1.807, 2.05) is 26.0 Å². The SMILES string of the molecule is CC(C)NC(=O)CC(CN)N1CCN(C)c2ccccc21. The minimum atomic E-state index is 0.0404. The maximum Gasteiger partial charge on any atom is 0.222 e. The van der Waals surface area contributed by atoms with Crippen LogP contribution in [0.4, 0.5) is 11.4 Å². The van der Waals surface area contributed by atoms with Crippen molar-refractivity contribution in [2.75, 3.05) is 36.5 Å². The molecule has 2 rings (SSSR count). The summed E-state index contributed by atoms with van der Waals surface area (Å²) in [5.41, 5.74) is 8.31. The summed E-state index contributed by atoms with van der Waals surface area (Å²) in [7, 11) is 2.10. The maximum atomic E-state index is 12.0. The predicted octanol–water partition coefficient (Wildman–Crippen LogP) is 1.18. The number of likely N-dealkylation sites (N-methyl/N-ethyl adjacent to an activating group) is 1. The Labute approximate surface area is 127 Å². The fourth-order valence-electron chi connectivity index (χ4n) is 2.82. The van der Waals surface area contributed by atoms with E-state index in [0.29, 0.717) is 13.0 Å². The summed E-state index contributed by atoms with van der Waals surface area (Å²) in [5, 5.41) is 2.95. The zero-order valence-corrected chi connectivity index (χ0v) is 13.2. The molecule has 0 bridgehead atoms. The number of carbonyl (C=O) groups excluding carboxylic acids is 1. The molecule has 0 saturated heterocycles. The van der Waals surface area contributed by atoms with E-state index in [1.54, 1.807) is 0 Å². The fourth-order valence-corrected chi connectivity index (χ4v) is 2.82. The average molecular weight is 290 g/mol. The normalized spacial score (nSPS) is 15.9. The van der Waals surface area contributed by atoms with Gasteiger partial charge in [0.25, 0.3) is 0 Å². The summed E-state index contributed by atoms with van der Waals surface area (Å²) < 4.78 is 0. The standard InChI is InChI=1S/C16H26N4O/c1-12(2)18-16(21)10-13(11-17)20-9-8-19(3)14-6-4-5-7-15(14)20/h4-7,12-13H,8-11,17H2,1-3H3,(H,18,21). The second-order valence-corrected chi connectivity index (χ2v) is 5.92. The van der Waals surface area contributed by atoms with Crippen LogP contribution in [0.25, 0.3) is 0 Å². The third kappa shape index (κ3) is 3.67. The second kappa shape index (κ2) is 6.80. The molecule has 1 unspecified atom stereocenters. The molecule has 0 spiro atoms. The van der Waals surface area contributed by atoms with Gasteiger partial charge in [-0.2, -0.15) is 0 Å². The number of hydrogen-bond acceptors (Lipinski definition) is 4. The van der Waals surface area contributed by atoms with Gasteiger partial charge >= 0.3 is 0 Å². The molecule has 0 aromatic heterocycles. The lowest BCUT2D eigenvalue weighted by atomic mass is 10.1. The molecule has 3 N–H and O–H groups in total. The lowest BCUT2D eigenvalue weighted by Gasteiger charge is -2.41. The van der Waals surface area contributed by atoms with Crippen LogP contribution in [0.3, 0.4) is 0 Å². The van der Waals surface area contributed by atoms with Crippen molar-refractivity contribution in [1.29, 1.82) is 0 Å². The van der Waals surface area contributed by atoms with Gasteiger partial charge in [-0.25, -0.2) is 0 Å². The Morgan fingerprint density at radius 3 is 2.57 bits per heavy atom. The highest BCUT2D eigenvalue weighted by Crippen LogP contribution is 2.33. The zero-order chi connectivity index (χ0) is 15.4. The van der Waals surface area contributed by atoms with E-state index < -0.39 is 0 Å². The van der Waals surface area contributed by atoms with Crippen molar-refractivity contribution in [3.63, 3.8) is 0 Å². The highest BCUT2D eigenvalue weighted by Gasteiger charge is 2.27. The molecule has 1 amide bonds. The van der Waals surface area contributed by atoms with Gasteiger partial charge in [0.05, 0.1) is 17.4 Å². The van der Waals surface area contributed by atoms with E-state index in [9.17, 15) is 4.79 Å². The number of anilines is 2. The Hall–Kier alpha value is -1.75. The Kier molecular flexibility index (Phi) is 5.07. The van der Waals surface area contributed by atoms with Gasteiger partial charge in [-0.05, 0) is 26.0 Å². The van der Waals surface area contributed by atoms with Gasteiger partial charge in [0, 0.05) is 39.1 Å². The first kappa shape index (κ1) is 15.6. The molecule has 1 aromatic rings. The molecular formula is C16H26N4O. The quantitative estimate of drug-likeness (QED) is 0.855. The molecule has 0 radical (unpaired) electrons. The van der Waals surface area contributed by atoms with Crippen LogP contribution in [0.2, 0.25) is 0 Å². The molecule has 0 saturated carbocycles. The van der Waals surface area contributed by atoms with Crippen LogP contribution in [0.1, 0.15) is 20.3 Å². The van der Waals surface area contributed by atoms with E-state index >= 15 is 0 Å². The largest absolute Gasteiger partial charge is 0.371 e. The van der Waals surface area contributed by atoms with Crippen LogP contribution >= 0.6 is 0 Å². The number of rotatable bonds is 5. The third-order valence-electron chi connectivity index (χ3n) is 3.86. The average Bonchev–Trinajstić information content (AvgIpc) is 2.45. The lowest BCUT2D eigenvalue weighted by Crippen LogP contribution is -2.50. The third-order valence-corrected chi connectivity index (χ3v) is 3.86. The summed E-state index contributed by atoms with van der Waals surface area (Å²) >= 11 is 0. The highest BCUT2D eigenvalue weighted by molar-refractivity contribution is 5.79. The van der Waals surface area contributed by atoms with Gasteiger partial charge < -0.3 is 20.9 Å². The van der Waals surface area contributed by atoms with Gasteiger partial charge in [-0.15, -0.1) is 0 Å². The number of fused-ring (bicyclic) bond motifs is 1. The van der Waals surface area contributed by atoms with Crippen molar-refractivity contribution in [1.82, 2.24) is 5.32 Å². The van der Waals surface area contributed by atoms with E-state index in [-0.39, 0.29) is 18.0 Å². The Morgan fingerprint density at radius 2 is 1.95 bits per heavy atom. The van der Waals surface area contributed by atoms with E-state index in [0.717, 1.165) is 13.1 Å². The Balaban J connectivity index is 2.16. The van der Waals surface area contributed by atoms with Gasteiger partial charge in [-0.1, -0.05) is 12.1 Å². The van der Waals surface area contributed by atoms with Crippen molar-refractivity contribution in [2.24, 2.45) is 5.73 Å². The molecule has 116 valence electrons. The summed E-state index contributed by atoms with van der Waals surface area (Å²) in [6.07, 6.45) is 0.437. The Bertz CT molecular complexity index is 489. The first-order valence-corrected chi connectivity index (χ1v) is 7.59. The number of carbonyl (C=O) groups is 1. The van der Waals surface area contributed by atoms with Gasteiger partial charge in [0.1, 0.15) is 0 Å². The van der Waals surface area contributed by atoms with Gasteiger partial charge in [-0.3, -0.25) is 4.79 Å². The van der Waals surface area contributed by atoms with E-state index in [4.69, 9.17) is 5.73 Å². The number of nitrogens with one attached hydrogen (secondary N) is 1. The number of benzene rings is 1. The summed E-state index contributed by atoms with van der Waals surface area (Å²) in [4.78, 5) is 16.6. The summed E-state index contributed by atoms with van der Waals surface area (Å²) in [6.45, 7) is 6.26. The van der Waals surface area contributed by atoms with Gasteiger partial charge in [0.15, 0.2) is 0 Å². The van der Waals surface area contributed by atoms with Gasteiger partial charge in [0.2, 0.25) is 5.91 Å². The molecule has 1 aromatic carbocycles. The second-order valence-electron chi connectivity index (χ2n) is 5.92. The van der Waals surface area contributed by atoms with Crippen molar-refractivity contribution < 1.29 is 4.79 Å². The highest BCUT2D eigenvalue weighted by atomic mass is 16.1. The number of amides is 1. The molecule has 0 aliphatic carbocycles. The van der Waals surface area contributed by atoms with Crippen LogP contribution in [-0.4, -0.2) is 44.7 Å². The molecule has 21 heavy (non-hydrogen) atoms. The predicted molar refractivity (Wildman–Crippen MR) is 87.8 cm³/mol. The van der Waals surface area contributed by atoms with Crippen molar-refractivity contribution in [3.8, 4) is 0 Å². The molecule has 1 aliphatic rings. The first-order valence-electron chi connectivity index (χ1n) is 7.59. The van der Waals surface area contributed by atoms with Crippen LogP contribution in [0.5, 0.6) is 0 Å². The van der Waals surface area contributed by atoms with Crippen LogP contribution in [0, 0.1) is 0 Å². The molecule has 1 aliphatic heterocycles. The van der Waals surface area contributed by atoms with E-state index in [1.165, 1.54) is 11.4 Å². The minimum absolute atomic E-state index is 0.0404. The molecule has 5 heteroatoms. The lowest BCUT2D eigenvalue weighted by molar-refractivity contribution is -0.121. The monoisotopic (exact) mass is 290 g/mol. The molecule has 1 atom stereocenters. The van der Waals surface area contributed by atoms with Crippen molar-refractivity contribution >= 4 is 17.3 Å². The Morgan fingerprint density at radius 1 is 1.29 bits per heavy atom. The smallest absolute Gasteiger partial charge is 0.222 e. The topological polar surface area (TPSA) is 61.6 Å². The van der Waals surface area contributed by atoms with Crippen LogP contribution < -0.4 is 20.9 Å². The number of hydrogen-bond donors (Lipinski definition) is 2. The minimum Gasteiger partial charge on any atom is -0.371 e. The first-order chi connectivity index (χ1) is 10.0. The van der Waals surface area contributed by atoms with E-state index in [2.05, 4.69) is 34.3 Å². The molecule has 1 heterocycles. The number of para-hydroxylation sites is 2. The molecule has 5 nitrogen and oxygen atoms in total. The van der Waals surface area contributed by atoms with Crippen LogP contribution in [-0.2, 0) is 4.79 Å². The van der Waals surface area contributed by atoms with Crippen molar-refractivity contribution in [3.05, 3.63) is 24.3 Å². The number of nitrogens with zero attached hydrogens (tertiary/aromatic N) is 2. The molecule has 0 fully saturated rings. The fraction of sp³-hybridized carbons (Fsp3) is 0.562. The summed E-state index contributed by atoms with van der Waals surface area (Å²) in [5.74, 6) is 0.0665. The molecular weight excluding hydrogens is 264 g/mol. The zero-order valence-electron chi connectivity index (χ0n) is 13.2. The summed E-state index contributed by atoms with van der Waals surface area (Å²) in [6, 6.07) is 8.50. The number of nitrogens with two attached hydrogens (primary N) is 1. The van der Waals surface area contributed by atoms with Crippen molar-refractivity contribution in [2.45, 2.75) is 32.4 Å². The maximum absolute atomic E-state index is 12.0. The van der Waals surface area contributed by atoms with Crippen LogP contribution in [0.15, 0.2) is 24.3 Å².